The zero-order valence-corrected chi connectivity index (χ0v) is 11.4. The lowest BCUT2D eigenvalue weighted by atomic mass is 10.1. The van der Waals surface area contributed by atoms with Crippen LogP contribution >= 0.6 is 11.6 Å². The molecule has 0 saturated carbocycles. The van der Waals surface area contributed by atoms with Crippen LogP contribution in [-0.4, -0.2) is 7.11 Å². The molecule has 0 fully saturated rings. The molecule has 0 saturated heterocycles. The maximum Gasteiger partial charge on any atom is 0.142 e. The monoisotopic (exact) mass is 291 g/mol. The summed E-state index contributed by atoms with van der Waals surface area (Å²) in [6.07, 6.45) is 0. The average molecular weight is 292 g/mol. The number of ether oxygens (including phenoxy) is 2. The van der Waals surface area contributed by atoms with Crippen molar-refractivity contribution in [3.63, 3.8) is 0 Å². The molecule has 0 bridgehead atoms. The summed E-state index contributed by atoms with van der Waals surface area (Å²) in [7, 11) is 1.54. The van der Waals surface area contributed by atoms with E-state index < -0.39 is 5.82 Å². The van der Waals surface area contributed by atoms with Crippen molar-refractivity contribution in [2.24, 2.45) is 0 Å². The number of hydrogen-bond acceptors (Lipinski definition) is 3. The van der Waals surface area contributed by atoms with Crippen molar-refractivity contribution in [1.82, 2.24) is 0 Å². The molecule has 0 aliphatic heterocycles. The fraction of sp³-hybridized carbons (Fsp3) is 0.133. The molecular formula is C15H11ClFNO2. The predicted octanol–water partition coefficient (Wildman–Crippen LogP) is 3.94. The van der Waals surface area contributed by atoms with E-state index >= 15 is 0 Å². The Kier molecular flexibility index (Phi) is 4.44. The smallest absolute Gasteiger partial charge is 0.142 e. The summed E-state index contributed by atoms with van der Waals surface area (Å²) in [5.41, 5.74) is 1.24. The van der Waals surface area contributed by atoms with E-state index in [4.69, 9.17) is 26.3 Å². The first kappa shape index (κ1) is 14.2. The summed E-state index contributed by atoms with van der Waals surface area (Å²) in [5.74, 6) is 0.570. The zero-order valence-electron chi connectivity index (χ0n) is 10.7. The van der Waals surface area contributed by atoms with Crippen molar-refractivity contribution in [3.05, 3.63) is 58.4 Å². The minimum Gasteiger partial charge on any atom is -0.496 e. The summed E-state index contributed by atoms with van der Waals surface area (Å²) >= 11 is 5.68. The summed E-state index contributed by atoms with van der Waals surface area (Å²) in [5, 5.41) is 8.89. The lowest BCUT2D eigenvalue weighted by Gasteiger charge is -2.11. The summed E-state index contributed by atoms with van der Waals surface area (Å²) in [4.78, 5) is 0. The van der Waals surface area contributed by atoms with Gasteiger partial charge in [-0.05, 0) is 30.3 Å². The Morgan fingerprint density at radius 1 is 1.25 bits per heavy atom. The van der Waals surface area contributed by atoms with Crippen molar-refractivity contribution >= 4 is 11.6 Å². The Balaban J connectivity index is 2.17. The first-order valence-electron chi connectivity index (χ1n) is 5.79. The topological polar surface area (TPSA) is 42.2 Å². The second kappa shape index (κ2) is 6.27. The first-order chi connectivity index (χ1) is 9.63. The highest BCUT2D eigenvalue weighted by atomic mass is 35.5. The molecule has 0 atom stereocenters. The molecule has 0 unspecified atom stereocenters. The second-order valence-corrected chi connectivity index (χ2v) is 4.41. The number of benzene rings is 2. The SMILES string of the molecule is COc1ccc(C#N)cc1COc1ccc(F)c(Cl)c1. The van der Waals surface area contributed by atoms with Crippen LogP contribution in [0, 0.1) is 17.1 Å². The van der Waals surface area contributed by atoms with Crippen LogP contribution in [0.25, 0.3) is 0 Å². The molecule has 2 aromatic rings. The van der Waals surface area contributed by atoms with Gasteiger partial charge in [0.1, 0.15) is 23.9 Å². The minimum absolute atomic E-state index is 0.000223. The molecule has 2 aromatic carbocycles. The van der Waals surface area contributed by atoms with Crippen LogP contribution in [0.1, 0.15) is 11.1 Å². The average Bonchev–Trinajstić information content (AvgIpc) is 2.48. The third kappa shape index (κ3) is 3.19. The normalized spacial score (nSPS) is 9.90. The van der Waals surface area contributed by atoms with Gasteiger partial charge in [0.05, 0.1) is 23.8 Å². The molecular weight excluding hydrogens is 281 g/mol. The quantitative estimate of drug-likeness (QED) is 0.857. The van der Waals surface area contributed by atoms with Gasteiger partial charge in [0.2, 0.25) is 0 Å². The lowest BCUT2D eigenvalue weighted by molar-refractivity contribution is 0.296. The van der Waals surface area contributed by atoms with E-state index in [0.717, 1.165) is 5.56 Å². The van der Waals surface area contributed by atoms with Crippen molar-refractivity contribution < 1.29 is 13.9 Å². The van der Waals surface area contributed by atoms with Crippen molar-refractivity contribution in [1.29, 1.82) is 5.26 Å². The lowest BCUT2D eigenvalue weighted by Crippen LogP contribution is -1.99. The number of hydrogen-bond donors (Lipinski definition) is 0. The number of methoxy groups -OCH3 is 1. The highest BCUT2D eigenvalue weighted by Crippen LogP contribution is 2.24. The van der Waals surface area contributed by atoms with Gasteiger partial charge in [-0.3, -0.25) is 0 Å². The van der Waals surface area contributed by atoms with Gasteiger partial charge in [0.25, 0.3) is 0 Å². The standard InChI is InChI=1S/C15H11ClFNO2/c1-19-15-5-2-10(8-18)6-11(15)9-20-12-3-4-14(17)13(16)7-12/h2-7H,9H2,1H3. The summed E-state index contributed by atoms with van der Waals surface area (Å²) < 4.78 is 23.8. The fourth-order valence-electron chi connectivity index (χ4n) is 1.69. The van der Waals surface area contributed by atoms with Crippen molar-refractivity contribution in [3.8, 4) is 17.6 Å². The Hall–Kier alpha value is -2.25. The van der Waals surface area contributed by atoms with E-state index in [2.05, 4.69) is 6.07 Å². The number of halogens is 2. The molecule has 20 heavy (non-hydrogen) atoms. The van der Waals surface area contributed by atoms with E-state index in [0.29, 0.717) is 17.1 Å². The zero-order chi connectivity index (χ0) is 14.5. The largest absolute Gasteiger partial charge is 0.496 e. The third-order valence-corrected chi connectivity index (χ3v) is 2.98. The number of rotatable bonds is 4. The summed E-state index contributed by atoms with van der Waals surface area (Å²) in [6, 6.07) is 11.2. The number of nitriles is 1. The molecule has 2 rings (SSSR count). The van der Waals surface area contributed by atoms with Gasteiger partial charge in [0, 0.05) is 11.6 Å². The van der Waals surface area contributed by atoms with Crippen LogP contribution in [0.5, 0.6) is 11.5 Å². The van der Waals surface area contributed by atoms with E-state index in [1.54, 1.807) is 25.3 Å². The van der Waals surface area contributed by atoms with Gasteiger partial charge < -0.3 is 9.47 Å². The maximum absolute atomic E-state index is 13.0. The minimum atomic E-state index is -0.497. The van der Waals surface area contributed by atoms with E-state index in [-0.39, 0.29) is 11.6 Å². The molecule has 102 valence electrons. The van der Waals surface area contributed by atoms with Crippen LogP contribution in [0.3, 0.4) is 0 Å². The molecule has 5 heteroatoms. The molecule has 0 radical (unpaired) electrons. The van der Waals surface area contributed by atoms with Gasteiger partial charge in [-0.25, -0.2) is 4.39 Å². The number of nitrogens with zero attached hydrogens (tertiary/aromatic N) is 1. The van der Waals surface area contributed by atoms with E-state index in [1.165, 1.54) is 18.2 Å². The van der Waals surface area contributed by atoms with Crippen molar-refractivity contribution in [2.45, 2.75) is 6.61 Å². The predicted molar refractivity (Wildman–Crippen MR) is 73.5 cm³/mol. The van der Waals surface area contributed by atoms with Gasteiger partial charge in [0.15, 0.2) is 0 Å². The molecule has 3 nitrogen and oxygen atoms in total. The van der Waals surface area contributed by atoms with Gasteiger partial charge in [-0.2, -0.15) is 5.26 Å². The highest BCUT2D eigenvalue weighted by Gasteiger charge is 2.07. The Labute approximate surface area is 121 Å². The Bertz CT molecular complexity index is 667. The van der Waals surface area contributed by atoms with Crippen LogP contribution in [-0.2, 0) is 6.61 Å². The van der Waals surface area contributed by atoms with Gasteiger partial charge in [-0.1, -0.05) is 11.6 Å². The summed E-state index contributed by atoms with van der Waals surface area (Å²) in [6.45, 7) is 0.195. The highest BCUT2D eigenvalue weighted by molar-refractivity contribution is 6.30. The Morgan fingerprint density at radius 3 is 2.70 bits per heavy atom. The molecule has 0 aliphatic carbocycles. The van der Waals surface area contributed by atoms with Crippen LogP contribution in [0.4, 0.5) is 4.39 Å². The van der Waals surface area contributed by atoms with E-state index in [9.17, 15) is 4.39 Å². The molecule has 0 heterocycles. The second-order valence-electron chi connectivity index (χ2n) is 4.00. The molecule has 0 spiro atoms. The molecule has 0 aromatic heterocycles. The van der Waals surface area contributed by atoms with Crippen molar-refractivity contribution in [2.75, 3.05) is 7.11 Å². The van der Waals surface area contributed by atoms with Crippen LogP contribution < -0.4 is 9.47 Å². The van der Waals surface area contributed by atoms with E-state index in [1.807, 2.05) is 0 Å². The Morgan fingerprint density at radius 2 is 2.05 bits per heavy atom. The molecule has 0 amide bonds. The van der Waals surface area contributed by atoms with Crippen LogP contribution in [0.15, 0.2) is 36.4 Å². The van der Waals surface area contributed by atoms with Gasteiger partial charge >= 0.3 is 0 Å². The third-order valence-electron chi connectivity index (χ3n) is 2.69. The molecule has 0 aliphatic rings. The first-order valence-corrected chi connectivity index (χ1v) is 6.16. The molecule has 0 N–H and O–H groups in total. The van der Waals surface area contributed by atoms with Gasteiger partial charge in [-0.15, -0.1) is 0 Å². The fourth-order valence-corrected chi connectivity index (χ4v) is 1.86. The van der Waals surface area contributed by atoms with Crippen LogP contribution in [0.2, 0.25) is 5.02 Å². The maximum atomic E-state index is 13.0.